The molecule has 0 radical (unpaired) electrons. The highest BCUT2D eigenvalue weighted by Crippen LogP contribution is 2.33. The number of nitrogens with one attached hydrogen (secondary N) is 3. The highest BCUT2D eigenvalue weighted by atomic mass is 127. The molecule has 0 aliphatic rings. The number of para-hydroxylation sites is 1. The number of rotatable bonds is 8. The van der Waals surface area contributed by atoms with Crippen molar-refractivity contribution in [3.05, 3.63) is 51.6 Å². The smallest absolute Gasteiger partial charge is 0.262 e. The second-order valence-corrected chi connectivity index (χ2v) is 7.04. The Morgan fingerprint density at radius 1 is 1.29 bits per heavy atom. The summed E-state index contributed by atoms with van der Waals surface area (Å²) in [5.74, 6) is 0.755. The van der Waals surface area contributed by atoms with Crippen LogP contribution < -0.4 is 25.5 Å². The number of hydrazone groups is 1. The van der Waals surface area contributed by atoms with Gasteiger partial charge in [0.15, 0.2) is 23.2 Å². The number of amides is 1. The number of hydrogen-bond acceptors (Lipinski definition) is 5. The summed E-state index contributed by atoms with van der Waals surface area (Å²) >= 11 is 7.18. The molecular weight excluding hydrogens is 491 g/mol. The molecule has 0 spiro atoms. The topological polar surface area (TPSA) is 84.0 Å². The Labute approximate surface area is 183 Å². The normalized spacial score (nSPS) is 10.4. The van der Waals surface area contributed by atoms with Crippen LogP contribution in [-0.2, 0) is 4.79 Å². The maximum absolute atomic E-state index is 12.1. The van der Waals surface area contributed by atoms with Crippen LogP contribution in [0.15, 0.2) is 47.6 Å². The van der Waals surface area contributed by atoms with E-state index in [0.717, 1.165) is 15.7 Å². The molecular formula is C19H21IN4O3S. The van der Waals surface area contributed by atoms with Crippen LogP contribution in [-0.4, -0.2) is 37.5 Å². The van der Waals surface area contributed by atoms with Crippen LogP contribution in [0.25, 0.3) is 0 Å². The SMILES string of the molecule is CCNC(=S)N/N=C\c1cc(I)c(OCC(=O)Nc2ccccc2)c(OC)c1. The summed E-state index contributed by atoms with van der Waals surface area (Å²) in [5, 5.41) is 10.3. The molecule has 2 aromatic carbocycles. The Balaban J connectivity index is 2.01. The van der Waals surface area contributed by atoms with E-state index in [4.69, 9.17) is 21.7 Å². The molecule has 1 amide bonds. The number of carbonyl (C=O) groups excluding carboxylic acids is 1. The molecule has 0 fully saturated rings. The lowest BCUT2D eigenvalue weighted by Gasteiger charge is -2.13. The molecule has 0 bridgehead atoms. The monoisotopic (exact) mass is 512 g/mol. The van der Waals surface area contributed by atoms with Gasteiger partial charge < -0.3 is 20.1 Å². The van der Waals surface area contributed by atoms with Crippen LogP contribution in [0.1, 0.15) is 12.5 Å². The number of ether oxygens (including phenoxy) is 2. The number of anilines is 1. The van der Waals surface area contributed by atoms with Gasteiger partial charge in [0.25, 0.3) is 5.91 Å². The van der Waals surface area contributed by atoms with E-state index in [-0.39, 0.29) is 12.5 Å². The van der Waals surface area contributed by atoms with Crippen LogP contribution in [0.5, 0.6) is 11.5 Å². The third-order valence-corrected chi connectivity index (χ3v) is 4.41. The minimum Gasteiger partial charge on any atom is -0.493 e. The molecule has 0 aliphatic carbocycles. The third kappa shape index (κ3) is 6.97. The lowest BCUT2D eigenvalue weighted by atomic mass is 10.2. The molecule has 0 heterocycles. The number of nitrogens with zero attached hydrogens (tertiary/aromatic N) is 1. The van der Waals surface area contributed by atoms with E-state index in [1.807, 2.05) is 43.3 Å². The first kappa shape index (κ1) is 21.9. The van der Waals surface area contributed by atoms with Gasteiger partial charge in [0.1, 0.15) is 0 Å². The second-order valence-electron chi connectivity index (χ2n) is 5.47. The van der Waals surface area contributed by atoms with Crippen molar-refractivity contribution in [3.63, 3.8) is 0 Å². The van der Waals surface area contributed by atoms with Crippen LogP contribution in [0.2, 0.25) is 0 Å². The Morgan fingerprint density at radius 3 is 2.71 bits per heavy atom. The number of methoxy groups -OCH3 is 1. The highest BCUT2D eigenvalue weighted by molar-refractivity contribution is 14.1. The molecule has 3 N–H and O–H groups in total. The van der Waals surface area contributed by atoms with Crippen molar-refractivity contribution in [2.45, 2.75) is 6.92 Å². The van der Waals surface area contributed by atoms with E-state index >= 15 is 0 Å². The summed E-state index contributed by atoms with van der Waals surface area (Å²) in [6.07, 6.45) is 1.63. The summed E-state index contributed by atoms with van der Waals surface area (Å²) in [7, 11) is 1.54. The summed E-state index contributed by atoms with van der Waals surface area (Å²) in [6, 6.07) is 12.8. The first-order valence-electron chi connectivity index (χ1n) is 8.45. The summed E-state index contributed by atoms with van der Waals surface area (Å²) in [6.45, 7) is 2.54. The van der Waals surface area contributed by atoms with Crippen molar-refractivity contribution in [3.8, 4) is 11.5 Å². The average Bonchev–Trinajstić information content (AvgIpc) is 2.67. The van der Waals surface area contributed by atoms with Crippen LogP contribution >= 0.6 is 34.8 Å². The number of benzene rings is 2. The molecule has 0 saturated carbocycles. The quantitative estimate of drug-likeness (QED) is 0.218. The second kappa shape index (κ2) is 11.4. The Morgan fingerprint density at radius 2 is 2.04 bits per heavy atom. The van der Waals surface area contributed by atoms with E-state index in [2.05, 4.69) is 43.8 Å². The first-order valence-corrected chi connectivity index (χ1v) is 9.94. The van der Waals surface area contributed by atoms with Gasteiger partial charge in [-0.25, -0.2) is 0 Å². The van der Waals surface area contributed by atoms with Gasteiger partial charge in [0, 0.05) is 12.2 Å². The van der Waals surface area contributed by atoms with Gasteiger partial charge in [-0.15, -0.1) is 0 Å². The minimum absolute atomic E-state index is 0.132. The number of hydrogen-bond donors (Lipinski definition) is 3. The molecule has 7 nitrogen and oxygen atoms in total. The van der Waals surface area contributed by atoms with Gasteiger partial charge in [-0.1, -0.05) is 18.2 Å². The van der Waals surface area contributed by atoms with Crippen LogP contribution in [0.4, 0.5) is 5.69 Å². The fourth-order valence-corrected chi connectivity index (χ4v) is 3.15. The molecule has 0 unspecified atom stereocenters. The van der Waals surface area contributed by atoms with Crippen molar-refractivity contribution < 1.29 is 14.3 Å². The maximum atomic E-state index is 12.1. The Bertz CT molecular complexity index is 847. The third-order valence-electron chi connectivity index (χ3n) is 3.37. The number of thiocarbonyl (C=S) groups is 1. The summed E-state index contributed by atoms with van der Waals surface area (Å²) in [5.41, 5.74) is 4.24. The fraction of sp³-hybridized carbons (Fsp3) is 0.211. The fourth-order valence-electron chi connectivity index (χ4n) is 2.18. The van der Waals surface area contributed by atoms with Gasteiger partial charge >= 0.3 is 0 Å². The molecule has 0 atom stereocenters. The molecule has 28 heavy (non-hydrogen) atoms. The lowest BCUT2D eigenvalue weighted by Crippen LogP contribution is -2.31. The van der Waals surface area contributed by atoms with Crippen molar-refractivity contribution in [2.24, 2.45) is 5.10 Å². The summed E-state index contributed by atoms with van der Waals surface area (Å²) in [4.78, 5) is 12.1. The predicted octanol–water partition coefficient (Wildman–Crippen LogP) is 3.14. The zero-order valence-electron chi connectivity index (χ0n) is 15.5. The average molecular weight is 512 g/mol. The zero-order valence-corrected chi connectivity index (χ0v) is 18.5. The highest BCUT2D eigenvalue weighted by Gasteiger charge is 2.13. The predicted molar refractivity (Wildman–Crippen MR) is 123 cm³/mol. The van der Waals surface area contributed by atoms with E-state index < -0.39 is 0 Å². The lowest BCUT2D eigenvalue weighted by molar-refractivity contribution is -0.118. The van der Waals surface area contributed by atoms with Gasteiger partial charge in [0.2, 0.25) is 0 Å². The largest absolute Gasteiger partial charge is 0.493 e. The van der Waals surface area contributed by atoms with Gasteiger partial charge in [-0.2, -0.15) is 5.10 Å². The first-order chi connectivity index (χ1) is 13.5. The van der Waals surface area contributed by atoms with Gasteiger partial charge in [-0.05, 0) is 71.6 Å². The van der Waals surface area contributed by atoms with E-state index in [1.54, 1.807) is 19.4 Å². The Kier molecular flexibility index (Phi) is 8.95. The molecule has 0 saturated heterocycles. The molecule has 2 rings (SSSR count). The van der Waals surface area contributed by atoms with E-state index in [9.17, 15) is 4.79 Å². The minimum atomic E-state index is -0.254. The number of halogens is 1. The molecule has 148 valence electrons. The number of carbonyl (C=O) groups is 1. The maximum Gasteiger partial charge on any atom is 0.262 e. The van der Waals surface area contributed by atoms with Gasteiger partial charge in [0.05, 0.1) is 16.9 Å². The van der Waals surface area contributed by atoms with Crippen LogP contribution in [0, 0.1) is 3.57 Å². The van der Waals surface area contributed by atoms with Crippen LogP contribution in [0.3, 0.4) is 0 Å². The van der Waals surface area contributed by atoms with E-state index in [1.165, 1.54) is 0 Å². The van der Waals surface area contributed by atoms with Crippen molar-refractivity contribution in [1.29, 1.82) is 0 Å². The molecule has 2 aromatic rings. The summed E-state index contributed by atoms with van der Waals surface area (Å²) < 4.78 is 11.9. The van der Waals surface area contributed by atoms with Crippen molar-refractivity contribution in [1.82, 2.24) is 10.7 Å². The van der Waals surface area contributed by atoms with E-state index in [0.29, 0.717) is 22.3 Å². The molecule has 0 aromatic heterocycles. The molecule has 0 aliphatic heterocycles. The van der Waals surface area contributed by atoms with Gasteiger partial charge in [-0.3, -0.25) is 10.2 Å². The standard InChI is InChI=1S/C19H21IN4O3S/c1-3-21-19(28)24-22-11-13-9-15(20)18(16(10-13)26-2)27-12-17(25)23-14-7-5-4-6-8-14/h4-11H,3,12H2,1-2H3,(H,23,25)(H2,21,24,28)/b22-11-. The van der Waals surface area contributed by atoms with Crippen molar-refractivity contribution in [2.75, 3.05) is 25.6 Å². The molecule has 9 heteroatoms. The van der Waals surface area contributed by atoms with Crippen molar-refractivity contribution >= 4 is 57.7 Å². The Hall–Kier alpha value is -2.40. The zero-order chi connectivity index (χ0) is 20.4.